The van der Waals surface area contributed by atoms with Gasteiger partial charge in [-0.15, -0.1) is 0 Å². The molecule has 0 aliphatic rings. The molecule has 3 heteroatoms. The molecule has 1 aromatic heterocycles. The van der Waals surface area contributed by atoms with Crippen molar-refractivity contribution < 1.29 is 0 Å². The molecule has 96 valence electrons. The number of hydrogen-bond acceptors (Lipinski definition) is 2. The largest absolute Gasteiger partial charge is 0.333 e. The van der Waals surface area contributed by atoms with Gasteiger partial charge in [0.1, 0.15) is 5.82 Å². The van der Waals surface area contributed by atoms with Gasteiger partial charge in [-0.3, -0.25) is 0 Å². The van der Waals surface area contributed by atoms with Crippen LogP contribution in [-0.4, -0.2) is 9.55 Å². The lowest BCUT2D eigenvalue weighted by Gasteiger charge is -2.15. The first kappa shape index (κ1) is 12.8. The van der Waals surface area contributed by atoms with Crippen LogP contribution in [0, 0.1) is 6.92 Å². The third-order valence-corrected chi connectivity index (χ3v) is 3.17. The maximum Gasteiger partial charge on any atom is 0.108 e. The smallest absolute Gasteiger partial charge is 0.108 e. The fourth-order valence-corrected chi connectivity index (χ4v) is 2.09. The highest BCUT2D eigenvalue weighted by Gasteiger charge is 2.09. The molecule has 0 aliphatic heterocycles. The van der Waals surface area contributed by atoms with Gasteiger partial charge in [-0.25, -0.2) is 4.98 Å². The number of imidazole rings is 1. The normalized spacial score (nSPS) is 12.6. The maximum atomic E-state index is 6.25. The average molecular weight is 243 g/mol. The molecular weight excluding hydrogens is 222 g/mol. The van der Waals surface area contributed by atoms with Crippen molar-refractivity contribution in [2.75, 3.05) is 0 Å². The van der Waals surface area contributed by atoms with E-state index in [1.54, 1.807) is 0 Å². The Morgan fingerprint density at radius 2 is 2.00 bits per heavy atom. The van der Waals surface area contributed by atoms with Crippen molar-refractivity contribution in [2.45, 2.75) is 39.3 Å². The van der Waals surface area contributed by atoms with E-state index >= 15 is 0 Å². The summed E-state index contributed by atoms with van der Waals surface area (Å²) in [4.78, 5) is 4.37. The quantitative estimate of drug-likeness (QED) is 0.877. The fourth-order valence-electron chi connectivity index (χ4n) is 2.09. The van der Waals surface area contributed by atoms with Gasteiger partial charge in [0, 0.05) is 31.4 Å². The van der Waals surface area contributed by atoms with Gasteiger partial charge >= 0.3 is 0 Å². The van der Waals surface area contributed by atoms with Gasteiger partial charge < -0.3 is 10.3 Å². The van der Waals surface area contributed by atoms with Crippen molar-refractivity contribution in [2.24, 2.45) is 5.73 Å². The molecule has 0 spiro atoms. The van der Waals surface area contributed by atoms with Crippen LogP contribution in [0.15, 0.2) is 36.7 Å². The average Bonchev–Trinajstić information content (AvgIpc) is 2.78. The Labute approximate surface area is 109 Å². The molecule has 2 aromatic rings. The van der Waals surface area contributed by atoms with E-state index in [4.69, 9.17) is 5.73 Å². The third kappa shape index (κ3) is 2.99. The van der Waals surface area contributed by atoms with E-state index in [0.29, 0.717) is 0 Å². The monoisotopic (exact) mass is 243 g/mol. The molecule has 0 fully saturated rings. The minimum atomic E-state index is 0.0235. The fraction of sp³-hybridized carbons (Fsp3) is 0.400. The molecule has 0 radical (unpaired) electrons. The molecule has 1 unspecified atom stereocenters. The van der Waals surface area contributed by atoms with Gasteiger partial charge in [0.25, 0.3) is 0 Å². The SMILES string of the molecule is CCCc1nccn1CC(N)c1ccc(C)cc1. The van der Waals surface area contributed by atoms with Crippen molar-refractivity contribution >= 4 is 0 Å². The highest BCUT2D eigenvalue weighted by Crippen LogP contribution is 2.14. The van der Waals surface area contributed by atoms with Crippen molar-refractivity contribution in [1.29, 1.82) is 0 Å². The van der Waals surface area contributed by atoms with E-state index in [0.717, 1.165) is 25.2 Å². The van der Waals surface area contributed by atoms with E-state index in [1.807, 2.05) is 12.4 Å². The van der Waals surface area contributed by atoms with Crippen LogP contribution in [0.4, 0.5) is 0 Å². The van der Waals surface area contributed by atoms with Crippen LogP contribution in [0.25, 0.3) is 0 Å². The lowest BCUT2D eigenvalue weighted by atomic mass is 10.1. The Kier molecular flexibility index (Phi) is 4.15. The molecule has 1 heterocycles. The molecule has 0 aliphatic carbocycles. The molecule has 0 amide bonds. The second kappa shape index (κ2) is 5.83. The standard InChI is InChI=1S/C15H21N3/c1-3-4-15-17-9-10-18(15)11-14(16)13-7-5-12(2)6-8-13/h5-10,14H,3-4,11,16H2,1-2H3. The Hall–Kier alpha value is -1.61. The Balaban J connectivity index is 2.08. The Morgan fingerprint density at radius 3 is 2.67 bits per heavy atom. The second-order valence-electron chi connectivity index (χ2n) is 4.76. The molecule has 0 bridgehead atoms. The number of aromatic nitrogens is 2. The molecule has 0 saturated heterocycles. The van der Waals surface area contributed by atoms with E-state index in [9.17, 15) is 0 Å². The number of hydrogen-bond donors (Lipinski definition) is 1. The zero-order chi connectivity index (χ0) is 13.0. The van der Waals surface area contributed by atoms with Crippen LogP contribution < -0.4 is 5.73 Å². The summed E-state index contributed by atoms with van der Waals surface area (Å²) in [7, 11) is 0. The first-order chi connectivity index (χ1) is 8.70. The van der Waals surface area contributed by atoms with Crippen LogP contribution in [0.5, 0.6) is 0 Å². The maximum absolute atomic E-state index is 6.25. The summed E-state index contributed by atoms with van der Waals surface area (Å²) in [6.45, 7) is 5.04. The summed E-state index contributed by atoms with van der Waals surface area (Å²) in [5, 5.41) is 0. The molecule has 2 N–H and O–H groups in total. The van der Waals surface area contributed by atoms with Crippen molar-refractivity contribution in [3.8, 4) is 0 Å². The summed E-state index contributed by atoms with van der Waals surface area (Å²) >= 11 is 0. The van der Waals surface area contributed by atoms with Gasteiger partial charge in [-0.2, -0.15) is 0 Å². The number of nitrogens with zero attached hydrogens (tertiary/aromatic N) is 2. The van der Waals surface area contributed by atoms with E-state index in [-0.39, 0.29) is 6.04 Å². The highest BCUT2D eigenvalue weighted by atomic mass is 15.1. The lowest BCUT2D eigenvalue weighted by Crippen LogP contribution is -2.18. The van der Waals surface area contributed by atoms with Gasteiger partial charge in [-0.05, 0) is 18.9 Å². The van der Waals surface area contributed by atoms with Crippen molar-refractivity contribution in [3.63, 3.8) is 0 Å². The molecule has 3 nitrogen and oxygen atoms in total. The first-order valence-electron chi connectivity index (χ1n) is 6.53. The molecule has 1 atom stereocenters. The van der Waals surface area contributed by atoms with Crippen LogP contribution in [0.3, 0.4) is 0 Å². The summed E-state index contributed by atoms with van der Waals surface area (Å²) in [5.41, 5.74) is 8.69. The van der Waals surface area contributed by atoms with Crippen LogP contribution in [-0.2, 0) is 13.0 Å². The summed E-state index contributed by atoms with van der Waals surface area (Å²) < 4.78 is 2.16. The van der Waals surface area contributed by atoms with Gasteiger partial charge in [-0.1, -0.05) is 36.8 Å². The predicted octanol–water partition coefficient (Wildman–Crippen LogP) is 2.84. The number of benzene rings is 1. The van der Waals surface area contributed by atoms with Gasteiger partial charge in [0.15, 0.2) is 0 Å². The molecule has 1 aromatic carbocycles. The zero-order valence-electron chi connectivity index (χ0n) is 11.1. The third-order valence-electron chi connectivity index (χ3n) is 3.17. The van der Waals surface area contributed by atoms with Gasteiger partial charge in [0.05, 0.1) is 0 Å². The number of nitrogens with two attached hydrogens (primary N) is 1. The van der Waals surface area contributed by atoms with E-state index in [2.05, 4.69) is 47.7 Å². The molecule has 18 heavy (non-hydrogen) atoms. The van der Waals surface area contributed by atoms with Crippen LogP contribution >= 0.6 is 0 Å². The lowest BCUT2D eigenvalue weighted by molar-refractivity contribution is 0.552. The topological polar surface area (TPSA) is 43.8 Å². The summed E-state index contributed by atoms with van der Waals surface area (Å²) in [6.07, 6.45) is 5.98. The van der Waals surface area contributed by atoms with Crippen molar-refractivity contribution in [3.05, 3.63) is 53.6 Å². The first-order valence-corrected chi connectivity index (χ1v) is 6.53. The zero-order valence-corrected chi connectivity index (χ0v) is 11.1. The van der Waals surface area contributed by atoms with Crippen LogP contribution in [0.2, 0.25) is 0 Å². The molecular formula is C15H21N3. The minimum absolute atomic E-state index is 0.0235. The Morgan fingerprint density at radius 1 is 1.28 bits per heavy atom. The minimum Gasteiger partial charge on any atom is -0.333 e. The number of rotatable bonds is 5. The Bertz CT molecular complexity index is 485. The number of aryl methyl sites for hydroxylation is 2. The summed E-state index contributed by atoms with van der Waals surface area (Å²) in [6, 6.07) is 8.45. The van der Waals surface area contributed by atoms with Gasteiger partial charge in [0.2, 0.25) is 0 Å². The summed E-state index contributed by atoms with van der Waals surface area (Å²) in [5.74, 6) is 1.13. The van der Waals surface area contributed by atoms with Crippen molar-refractivity contribution in [1.82, 2.24) is 9.55 Å². The highest BCUT2D eigenvalue weighted by molar-refractivity contribution is 5.23. The van der Waals surface area contributed by atoms with E-state index < -0.39 is 0 Å². The predicted molar refractivity (Wildman–Crippen MR) is 74.3 cm³/mol. The van der Waals surface area contributed by atoms with E-state index in [1.165, 1.54) is 11.1 Å². The molecule has 0 saturated carbocycles. The second-order valence-corrected chi connectivity index (χ2v) is 4.76. The molecule has 2 rings (SSSR count). The van der Waals surface area contributed by atoms with Crippen LogP contribution in [0.1, 0.15) is 36.3 Å².